The van der Waals surface area contributed by atoms with E-state index < -0.39 is 0 Å². The zero-order valence-electron chi connectivity index (χ0n) is 16.4. The number of hydrogen-bond acceptors (Lipinski definition) is 4. The predicted octanol–water partition coefficient (Wildman–Crippen LogP) is 2.16. The Bertz CT molecular complexity index is 639. The molecular weight excluding hydrogens is 342 g/mol. The van der Waals surface area contributed by atoms with Gasteiger partial charge in [-0.05, 0) is 69.1 Å². The Kier molecular flexibility index (Phi) is 8.84. The van der Waals surface area contributed by atoms with Crippen LogP contribution in [0.2, 0.25) is 0 Å². The maximum Gasteiger partial charge on any atom is 0.246 e. The van der Waals surface area contributed by atoms with Gasteiger partial charge in [-0.15, -0.1) is 0 Å². The topological polar surface area (TPSA) is 61.9 Å². The molecule has 1 aliphatic heterocycles. The number of methoxy groups -OCH3 is 1. The van der Waals surface area contributed by atoms with Crippen LogP contribution in [0.3, 0.4) is 0 Å². The average Bonchev–Trinajstić information content (AvgIpc) is 3.19. The highest BCUT2D eigenvalue weighted by atomic mass is 16.5. The Labute approximate surface area is 162 Å². The third-order valence-electron chi connectivity index (χ3n) is 4.69. The molecule has 1 aromatic carbocycles. The van der Waals surface area contributed by atoms with Crippen LogP contribution < -0.4 is 10.1 Å². The number of rotatable bonds is 10. The second-order valence-electron chi connectivity index (χ2n) is 6.91. The monoisotopic (exact) mass is 373 g/mol. The molecule has 0 aliphatic carbocycles. The third-order valence-corrected chi connectivity index (χ3v) is 4.69. The Hall–Kier alpha value is -2.34. The van der Waals surface area contributed by atoms with Gasteiger partial charge in [0.2, 0.25) is 11.8 Å². The molecule has 0 bridgehead atoms. The van der Waals surface area contributed by atoms with Crippen LogP contribution in [0.15, 0.2) is 30.3 Å². The molecule has 0 aromatic heterocycles. The molecule has 27 heavy (non-hydrogen) atoms. The first kappa shape index (κ1) is 21.0. The zero-order chi connectivity index (χ0) is 19.5. The molecular formula is C21H31N3O3. The van der Waals surface area contributed by atoms with E-state index in [0.29, 0.717) is 6.54 Å². The van der Waals surface area contributed by atoms with Crippen LogP contribution in [0.25, 0.3) is 6.08 Å². The first-order valence-electron chi connectivity index (χ1n) is 9.65. The van der Waals surface area contributed by atoms with E-state index in [4.69, 9.17) is 4.74 Å². The molecule has 1 fully saturated rings. The second kappa shape index (κ2) is 11.4. The fourth-order valence-electron chi connectivity index (χ4n) is 3.08. The largest absolute Gasteiger partial charge is 0.497 e. The number of carbonyl (C=O) groups is 2. The number of nitrogens with one attached hydrogen (secondary N) is 1. The van der Waals surface area contributed by atoms with Crippen LogP contribution in [0, 0.1) is 0 Å². The molecule has 1 saturated heterocycles. The first-order chi connectivity index (χ1) is 13.1. The number of ether oxygens (including phenoxy) is 1. The van der Waals surface area contributed by atoms with Gasteiger partial charge in [-0.1, -0.05) is 12.1 Å². The molecule has 1 N–H and O–H groups in total. The van der Waals surface area contributed by atoms with E-state index in [2.05, 4.69) is 10.2 Å². The summed E-state index contributed by atoms with van der Waals surface area (Å²) in [5.74, 6) is 0.408. The van der Waals surface area contributed by atoms with Gasteiger partial charge in [-0.3, -0.25) is 9.59 Å². The van der Waals surface area contributed by atoms with Crippen LogP contribution in [-0.2, 0) is 9.59 Å². The zero-order valence-corrected chi connectivity index (χ0v) is 16.4. The summed E-state index contributed by atoms with van der Waals surface area (Å²) in [7, 11) is 3.23. The molecule has 1 heterocycles. The van der Waals surface area contributed by atoms with Crippen LogP contribution in [0.1, 0.15) is 31.2 Å². The summed E-state index contributed by atoms with van der Waals surface area (Å²) in [5, 5.41) is 2.89. The van der Waals surface area contributed by atoms with Gasteiger partial charge in [0.05, 0.1) is 13.7 Å². The lowest BCUT2D eigenvalue weighted by molar-refractivity contribution is -0.131. The fourth-order valence-corrected chi connectivity index (χ4v) is 3.08. The van der Waals surface area contributed by atoms with Crippen molar-refractivity contribution in [1.82, 2.24) is 15.1 Å². The van der Waals surface area contributed by atoms with Crippen molar-refractivity contribution in [2.45, 2.75) is 25.7 Å². The van der Waals surface area contributed by atoms with E-state index in [1.165, 1.54) is 36.9 Å². The molecule has 6 nitrogen and oxygen atoms in total. The van der Waals surface area contributed by atoms with E-state index in [-0.39, 0.29) is 18.4 Å². The number of nitrogens with zero attached hydrogens (tertiary/aromatic N) is 2. The highest BCUT2D eigenvalue weighted by Crippen LogP contribution is 2.13. The number of likely N-dealkylation sites (N-methyl/N-ethyl adjacent to an activating group) is 1. The van der Waals surface area contributed by atoms with Gasteiger partial charge < -0.3 is 19.9 Å². The predicted molar refractivity (Wildman–Crippen MR) is 108 cm³/mol. The Morgan fingerprint density at radius 1 is 1.26 bits per heavy atom. The molecule has 0 saturated carbocycles. The van der Waals surface area contributed by atoms with Gasteiger partial charge in [-0.25, -0.2) is 0 Å². The summed E-state index contributed by atoms with van der Waals surface area (Å²) >= 11 is 0. The number of hydrogen-bond donors (Lipinski definition) is 1. The minimum absolute atomic E-state index is 0.0629. The number of unbranched alkanes of at least 4 members (excludes halogenated alkanes) is 1. The lowest BCUT2D eigenvalue weighted by atomic mass is 10.2. The summed E-state index contributed by atoms with van der Waals surface area (Å²) in [6.45, 7) is 4.26. The van der Waals surface area contributed by atoms with E-state index >= 15 is 0 Å². The van der Waals surface area contributed by atoms with E-state index in [1.807, 2.05) is 24.3 Å². The van der Waals surface area contributed by atoms with Crippen molar-refractivity contribution in [3.63, 3.8) is 0 Å². The molecule has 2 rings (SSSR count). The summed E-state index contributed by atoms with van der Waals surface area (Å²) in [6.07, 6.45) is 7.87. The van der Waals surface area contributed by atoms with Crippen molar-refractivity contribution >= 4 is 17.9 Å². The quantitative estimate of drug-likeness (QED) is 0.504. The molecule has 0 unspecified atom stereocenters. The van der Waals surface area contributed by atoms with Gasteiger partial charge >= 0.3 is 0 Å². The lowest BCUT2D eigenvalue weighted by Gasteiger charge is -2.16. The molecule has 0 spiro atoms. The number of carbonyl (C=O) groups excluding carboxylic acids is 2. The Morgan fingerprint density at radius 3 is 2.78 bits per heavy atom. The molecule has 0 atom stereocenters. The molecule has 2 amide bonds. The van der Waals surface area contributed by atoms with Gasteiger partial charge in [0.25, 0.3) is 0 Å². The average molecular weight is 373 g/mol. The first-order valence-corrected chi connectivity index (χ1v) is 9.65. The highest BCUT2D eigenvalue weighted by molar-refractivity contribution is 5.94. The Balaban J connectivity index is 1.63. The second-order valence-corrected chi connectivity index (χ2v) is 6.91. The van der Waals surface area contributed by atoms with Crippen molar-refractivity contribution < 1.29 is 14.3 Å². The molecule has 0 radical (unpaired) electrons. The van der Waals surface area contributed by atoms with Gasteiger partial charge in [0.15, 0.2) is 0 Å². The minimum atomic E-state index is -0.206. The van der Waals surface area contributed by atoms with Crippen LogP contribution in [-0.4, -0.2) is 68.5 Å². The van der Waals surface area contributed by atoms with Crippen molar-refractivity contribution in [2.24, 2.45) is 0 Å². The number of amides is 2. The van der Waals surface area contributed by atoms with Crippen molar-refractivity contribution in [3.05, 3.63) is 35.9 Å². The molecule has 148 valence electrons. The SMILES string of the molecule is COc1cccc(/C=C/C(=O)N(C)CC(=O)NCCCCN2CCCC2)c1. The maximum atomic E-state index is 12.2. The number of likely N-dealkylation sites (tertiary alicyclic amines) is 1. The van der Waals surface area contributed by atoms with Gasteiger partial charge in [0.1, 0.15) is 5.75 Å². The van der Waals surface area contributed by atoms with Crippen molar-refractivity contribution in [2.75, 3.05) is 46.9 Å². The Morgan fingerprint density at radius 2 is 2.04 bits per heavy atom. The molecule has 1 aliphatic rings. The summed E-state index contributed by atoms with van der Waals surface area (Å²) < 4.78 is 5.16. The maximum absolute atomic E-state index is 12.2. The van der Waals surface area contributed by atoms with Gasteiger partial charge in [-0.2, -0.15) is 0 Å². The van der Waals surface area contributed by atoms with Crippen LogP contribution in [0.5, 0.6) is 5.75 Å². The van der Waals surface area contributed by atoms with Crippen LogP contribution >= 0.6 is 0 Å². The van der Waals surface area contributed by atoms with E-state index in [9.17, 15) is 9.59 Å². The van der Waals surface area contributed by atoms with Crippen molar-refractivity contribution in [3.8, 4) is 5.75 Å². The standard InChI is InChI=1S/C21H31N3O3/c1-23(21(26)11-10-18-8-7-9-19(16-18)27-2)17-20(25)22-12-3-4-13-24-14-5-6-15-24/h7-11,16H,3-6,12-15,17H2,1-2H3,(H,22,25)/b11-10+. The lowest BCUT2D eigenvalue weighted by Crippen LogP contribution is -2.38. The normalized spacial score (nSPS) is 14.4. The number of benzene rings is 1. The fraction of sp³-hybridized carbons (Fsp3) is 0.524. The summed E-state index contributed by atoms with van der Waals surface area (Å²) in [5.41, 5.74) is 0.874. The van der Waals surface area contributed by atoms with Crippen molar-refractivity contribution in [1.29, 1.82) is 0 Å². The van der Waals surface area contributed by atoms with E-state index in [0.717, 1.165) is 30.7 Å². The van der Waals surface area contributed by atoms with E-state index in [1.54, 1.807) is 20.2 Å². The highest BCUT2D eigenvalue weighted by Gasteiger charge is 2.11. The molecule has 6 heteroatoms. The molecule has 1 aromatic rings. The third kappa shape index (κ3) is 7.83. The summed E-state index contributed by atoms with van der Waals surface area (Å²) in [6, 6.07) is 7.45. The smallest absolute Gasteiger partial charge is 0.246 e. The summed E-state index contributed by atoms with van der Waals surface area (Å²) in [4.78, 5) is 28.0. The van der Waals surface area contributed by atoms with Crippen LogP contribution in [0.4, 0.5) is 0 Å². The van der Waals surface area contributed by atoms with Gasteiger partial charge in [0, 0.05) is 19.7 Å². The minimum Gasteiger partial charge on any atom is -0.497 e.